The predicted molar refractivity (Wildman–Crippen MR) is 76.5 cm³/mol. The molecule has 0 aliphatic heterocycles. The summed E-state index contributed by atoms with van der Waals surface area (Å²) in [5, 5.41) is 10.5. The molecule has 1 atom stereocenters. The van der Waals surface area contributed by atoms with E-state index in [1.807, 2.05) is 0 Å². The summed E-state index contributed by atoms with van der Waals surface area (Å²) in [5.41, 5.74) is -0.562. The van der Waals surface area contributed by atoms with E-state index < -0.39 is 11.6 Å². The van der Waals surface area contributed by atoms with Crippen LogP contribution < -0.4 is 0 Å². The molecule has 20 heavy (non-hydrogen) atoms. The Kier molecular flexibility index (Phi) is 5.45. The fourth-order valence-corrected chi connectivity index (χ4v) is 2.02. The van der Waals surface area contributed by atoms with Crippen LogP contribution in [-0.2, 0) is 15.1 Å². The Morgan fingerprint density at radius 3 is 2.15 bits per heavy atom. The number of benzene rings is 1. The largest absolute Gasteiger partial charge is 0.459 e. The number of rotatable bonds is 6. The van der Waals surface area contributed by atoms with Crippen LogP contribution in [-0.4, -0.2) is 23.0 Å². The van der Waals surface area contributed by atoms with Gasteiger partial charge >= 0.3 is 5.97 Å². The summed E-state index contributed by atoms with van der Waals surface area (Å²) >= 11 is 0. The molecule has 1 aromatic carbocycles. The molecule has 1 unspecified atom stereocenters. The summed E-state index contributed by atoms with van der Waals surface area (Å²) in [7, 11) is 0. The van der Waals surface area contributed by atoms with Crippen molar-refractivity contribution in [1.29, 1.82) is 0 Å². The number of ketones is 1. The highest BCUT2D eigenvalue weighted by Crippen LogP contribution is 2.27. The highest BCUT2D eigenvalue weighted by Gasteiger charge is 2.34. The van der Waals surface area contributed by atoms with Gasteiger partial charge in [-0.05, 0) is 38.0 Å². The number of carbonyl (C=O) groups is 2. The van der Waals surface area contributed by atoms with Gasteiger partial charge in [-0.2, -0.15) is 0 Å². The number of hydrogen-bond acceptors (Lipinski definition) is 4. The fraction of sp³-hybridized carbons (Fsp3) is 0.500. The van der Waals surface area contributed by atoms with Gasteiger partial charge in [0, 0.05) is 6.42 Å². The number of esters is 1. The molecule has 0 heterocycles. The number of aliphatic hydroxyl groups is 1. The topological polar surface area (TPSA) is 63.6 Å². The molecule has 1 rings (SSSR count). The summed E-state index contributed by atoms with van der Waals surface area (Å²) in [4.78, 5) is 23.6. The summed E-state index contributed by atoms with van der Waals surface area (Å²) < 4.78 is 5.09. The van der Waals surface area contributed by atoms with Crippen LogP contribution in [0.4, 0.5) is 0 Å². The van der Waals surface area contributed by atoms with Gasteiger partial charge in [0.1, 0.15) is 5.60 Å². The zero-order chi connectivity index (χ0) is 15.3. The van der Waals surface area contributed by atoms with E-state index >= 15 is 0 Å². The molecule has 0 aromatic heterocycles. The van der Waals surface area contributed by atoms with Crippen LogP contribution in [0.1, 0.15) is 56.5 Å². The first-order valence-electron chi connectivity index (χ1n) is 6.92. The van der Waals surface area contributed by atoms with Crippen LogP contribution in [0.2, 0.25) is 0 Å². The second-order valence-electron chi connectivity index (χ2n) is 5.02. The Morgan fingerprint density at radius 1 is 1.20 bits per heavy atom. The molecule has 4 nitrogen and oxygen atoms in total. The van der Waals surface area contributed by atoms with Gasteiger partial charge in [-0.1, -0.05) is 26.0 Å². The molecular formula is C16H22O4. The highest BCUT2D eigenvalue weighted by molar-refractivity contribution is 5.91. The van der Waals surface area contributed by atoms with Gasteiger partial charge in [0.2, 0.25) is 0 Å². The van der Waals surface area contributed by atoms with E-state index in [2.05, 4.69) is 0 Å². The van der Waals surface area contributed by atoms with Crippen LogP contribution in [0.3, 0.4) is 0 Å². The molecule has 0 aliphatic rings. The lowest BCUT2D eigenvalue weighted by Gasteiger charge is -2.25. The first-order chi connectivity index (χ1) is 9.35. The van der Waals surface area contributed by atoms with Gasteiger partial charge in [0.25, 0.3) is 0 Å². The van der Waals surface area contributed by atoms with E-state index in [1.165, 1.54) is 0 Å². The molecule has 0 saturated carbocycles. The first-order valence-corrected chi connectivity index (χ1v) is 6.92. The van der Waals surface area contributed by atoms with Gasteiger partial charge in [0.05, 0.1) is 11.7 Å². The van der Waals surface area contributed by atoms with Crippen molar-refractivity contribution >= 4 is 11.8 Å². The van der Waals surface area contributed by atoms with E-state index in [1.54, 1.807) is 52.0 Å². The van der Waals surface area contributed by atoms with Crippen molar-refractivity contribution in [2.45, 2.75) is 52.2 Å². The maximum absolute atomic E-state index is 11.9. The van der Waals surface area contributed by atoms with E-state index in [0.29, 0.717) is 17.5 Å². The lowest BCUT2D eigenvalue weighted by atomic mass is 9.85. The SMILES string of the molecule is CCC(=O)C(O)(CC)c1ccc(C(=O)OC(C)C)cc1. The third-order valence-corrected chi connectivity index (χ3v) is 3.23. The quantitative estimate of drug-likeness (QED) is 0.813. The average molecular weight is 278 g/mol. The normalized spacial score (nSPS) is 13.9. The van der Waals surface area contributed by atoms with Gasteiger partial charge in [0.15, 0.2) is 5.78 Å². The van der Waals surface area contributed by atoms with Crippen LogP contribution >= 0.6 is 0 Å². The number of carbonyl (C=O) groups excluding carboxylic acids is 2. The average Bonchev–Trinajstić information content (AvgIpc) is 2.45. The third kappa shape index (κ3) is 3.45. The predicted octanol–water partition coefficient (Wildman–Crippen LogP) is 2.83. The molecule has 0 aliphatic carbocycles. The summed E-state index contributed by atoms with van der Waals surface area (Å²) in [6.45, 7) is 7.04. The minimum atomic E-state index is -1.48. The van der Waals surface area contributed by atoms with E-state index in [4.69, 9.17) is 4.74 Å². The fourth-order valence-electron chi connectivity index (χ4n) is 2.02. The Balaban J connectivity index is 3.01. The molecule has 0 radical (unpaired) electrons. The van der Waals surface area contributed by atoms with Crippen LogP contribution in [0, 0.1) is 0 Å². The van der Waals surface area contributed by atoms with Crippen LogP contribution in [0.5, 0.6) is 0 Å². The molecular weight excluding hydrogens is 256 g/mol. The monoisotopic (exact) mass is 278 g/mol. The molecule has 4 heteroatoms. The van der Waals surface area contributed by atoms with Crippen LogP contribution in [0.25, 0.3) is 0 Å². The van der Waals surface area contributed by atoms with Gasteiger partial charge in [-0.3, -0.25) is 4.79 Å². The number of hydrogen-bond donors (Lipinski definition) is 1. The lowest BCUT2D eigenvalue weighted by molar-refractivity contribution is -0.138. The van der Waals surface area contributed by atoms with Crippen molar-refractivity contribution < 1.29 is 19.4 Å². The van der Waals surface area contributed by atoms with E-state index in [-0.39, 0.29) is 18.3 Å². The summed E-state index contributed by atoms with van der Waals surface area (Å²) in [5.74, 6) is -0.633. The molecule has 0 spiro atoms. The summed E-state index contributed by atoms with van der Waals surface area (Å²) in [6, 6.07) is 6.36. The number of ether oxygens (including phenoxy) is 1. The third-order valence-electron chi connectivity index (χ3n) is 3.23. The molecule has 1 N–H and O–H groups in total. The smallest absolute Gasteiger partial charge is 0.338 e. The molecule has 0 saturated heterocycles. The van der Waals surface area contributed by atoms with Crippen molar-refractivity contribution in [3.63, 3.8) is 0 Å². The minimum Gasteiger partial charge on any atom is -0.459 e. The molecule has 0 fully saturated rings. The zero-order valence-electron chi connectivity index (χ0n) is 12.5. The van der Waals surface area contributed by atoms with Crippen molar-refractivity contribution in [1.82, 2.24) is 0 Å². The molecule has 110 valence electrons. The maximum Gasteiger partial charge on any atom is 0.338 e. The van der Waals surface area contributed by atoms with E-state index in [0.717, 1.165) is 0 Å². The van der Waals surface area contributed by atoms with Crippen molar-refractivity contribution in [2.75, 3.05) is 0 Å². The van der Waals surface area contributed by atoms with Crippen LogP contribution in [0.15, 0.2) is 24.3 Å². The van der Waals surface area contributed by atoms with Crippen molar-refractivity contribution in [3.8, 4) is 0 Å². The van der Waals surface area contributed by atoms with Crippen molar-refractivity contribution in [2.24, 2.45) is 0 Å². The zero-order valence-corrected chi connectivity index (χ0v) is 12.5. The summed E-state index contributed by atoms with van der Waals surface area (Å²) in [6.07, 6.45) is 0.383. The van der Waals surface area contributed by atoms with Crippen molar-refractivity contribution in [3.05, 3.63) is 35.4 Å². The molecule has 1 aromatic rings. The Labute approximate surface area is 119 Å². The lowest BCUT2D eigenvalue weighted by Crippen LogP contribution is -2.34. The van der Waals surface area contributed by atoms with Gasteiger partial charge in [-0.25, -0.2) is 4.79 Å². The Hall–Kier alpha value is -1.68. The maximum atomic E-state index is 11.9. The minimum absolute atomic E-state index is 0.184. The standard InChI is InChI=1S/C16H22O4/c1-5-14(17)16(19,6-2)13-9-7-12(8-10-13)15(18)20-11(3)4/h7-11,19H,5-6H2,1-4H3. The van der Waals surface area contributed by atoms with Gasteiger partial charge in [-0.15, -0.1) is 0 Å². The van der Waals surface area contributed by atoms with E-state index in [9.17, 15) is 14.7 Å². The number of Topliss-reactive ketones (excluding diaryl/α,β-unsaturated/α-hetero) is 1. The Bertz CT molecular complexity index is 476. The highest BCUT2D eigenvalue weighted by atomic mass is 16.5. The molecule has 0 bridgehead atoms. The first kappa shape index (κ1) is 16.4. The molecule has 0 amide bonds. The van der Waals surface area contributed by atoms with Gasteiger partial charge < -0.3 is 9.84 Å². The Morgan fingerprint density at radius 2 is 1.75 bits per heavy atom. The second-order valence-corrected chi connectivity index (χ2v) is 5.02. The second kappa shape index (κ2) is 6.66.